The Morgan fingerprint density at radius 2 is 2.05 bits per heavy atom. The van der Waals surface area contributed by atoms with Crippen molar-refractivity contribution in [1.29, 1.82) is 0 Å². The molecule has 0 spiro atoms. The zero-order valence-corrected chi connectivity index (χ0v) is 13.2. The molecule has 2 aromatic rings. The van der Waals surface area contributed by atoms with Crippen molar-refractivity contribution in [2.75, 3.05) is 18.9 Å². The Morgan fingerprint density at radius 1 is 1.19 bits per heavy atom. The Hall–Kier alpha value is -1.45. The highest BCUT2D eigenvalue weighted by atomic mass is 32.2. The Bertz CT molecular complexity index is 585. The van der Waals surface area contributed by atoms with Crippen molar-refractivity contribution in [1.82, 2.24) is 5.32 Å². The third kappa shape index (κ3) is 3.60. The first-order valence-electron chi connectivity index (χ1n) is 7.53. The van der Waals surface area contributed by atoms with Crippen LogP contribution in [0.1, 0.15) is 24.1 Å². The third-order valence-electron chi connectivity index (χ3n) is 3.73. The number of thioether (sulfide) groups is 1. The second-order valence-corrected chi connectivity index (χ2v) is 6.29. The van der Waals surface area contributed by atoms with Crippen LogP contribution < -0.4 is 10.1 Å². The molecule has 0 fully saturated rings. The second kappa shape index (κ2) is 7.01. The fourth-order valence-corrected chi connectivity index (χ4v) is 3.66. The number of ether oxygens (including phenoxy) is 1. The topological polar surface area (TPSA) is 21.3 Å². The smallest absolute Gasteiger partial charge is 0.122 e. The van der Waals surface area contributed by atoms with E-state index in [4.69, 9.17) is 4.74 Å². The van der Waals surface area contributed by atoms with E-state index in [2.05, 4.69) is 60.8 Å². The van der Waals surface area contributed by atoms with Crippen LogP contribution >= 0.6 is 11.8 Å². The molecule has 110 valence electrons. The summed E-state index contributed by atoms with van der Waals surface area (Å²) in [5.41, 5.74) is 2.71. The van der Waals surface area contributed by atoms with Crippen molar-refractivity contribution >= 4 is 11.8 Å². The lowest BCUT2D eigenvalue weighted by Crippen LogP contribution is -2.23. The maximum atomic E-state index is 5.60. The molecule has 2 nitrogen and oxygen atoms in total. The van der Waals surface area contributed by atoms with Crippen LogP contribution in [-0.2, 0) is 6.42 Å². The maximum absolute atomic E-state index is 5.60. The third-order valence-corrected chi connectivity index (χ3v) is 4.83. The highest BCUT2D eigenvalue weighted by Gasteiger charge is 2.16. The van der Waals surface area contributed by atoms with Gasteiger partial charge in [0.1, 0.15) is 5.75 Å². The summed E-state index contributed by atoms with van der Waals surface area (Å²) in [5, 5.41) is 3.60. The molecule has 1 atom stereocenters. The van der Waals surface area contributed by atoms with Gasteiger partial charge in [0.05, 0.1) is 6.61 Å². The van der Waals surface area contributed by atoms with E-state index in [0.717, 1.165) is 31.1 Å². The molecular weight excluding hydrogens is 278 g/mol. The van der Waals surface area contributed by atoms with Crippen LogP contribution in [0.15, 0.2) is 53.4 Å². The predicted octanol–water partition coefficient (Wildman–Crippen LogP) is 4.06. The van der Waals surface area contributed by atoms with Crippen molar-refractivity contribution in [2.45, 2.75) is 24.3 Å². The number of rotatable bonds is 6. The van der Waals surface area contributed by atoms with Gasteiger partial charge in [-0.1, -0.05) is 37.3 Å². The molecule has 1 aliphatic rings. The van der Waals surface area contributed by atoms with E-state index in [0.29, 0.717) is 6.04 Å². The highest BCUT2D eigenvalue weighted by Crippen LogP contribution is 2.30. The van der Waals surface area contributed by atoms with Crippen LogP contribution in [0, 0.1) is 0 Å². The van der Waals surface area contributed by atoms with Gasteiger partial charge in [-0.15, -0.1) is 11.8 Å². The Balaban J connectivity index is 1.72. The van der Waals surface area contributed by atoms with Gasteiger partial charge in [0, 0.05) is 23.1 Å². The summed E-state index contributed by atoms with van der Waals surface area (Å²) in [6.07, 6.45) is 1.04. The van der Waals surface area contributed by atoms with Crippen LogP contribution in [0.25, 0.3) is 0 Å². The number of fused-ring (bicyclic) bond motifs is 1. The Labute approximate surface area is 130 Å². The zero-order chi connectivity index (χ0) is 14.5. The van der Waals surface area contributed by atoms with E-state index < -0.39 is 0 Å². The minimum atomic E-state index is 0.381. The largest absolute Gasteiger partial charge is 0.493 e. The molecule has 0 bridgehead atoms. The summed E-state index contributed by atoms with van der Waals surface area (Å²) in [6.45, 7) is 3.97. The van der Waals surface area contributed by atoms with Gasteiger partial charge in [-0.05, 0) is 35.9 Å². The molecular formula is C18H21NOS. The van der Waals surface area contributed by atoms with Crippen LogP contribution in [0.4, 0.5) is 0 Å². The van der Waals surface area contributed by atoms with Crippen molar-refractivity contribution < 1.29 is 4.74 Å². The first kappa shape index (κ1) is 14.5. The molecule has 0 aliphatic carbocycles. The summed E-state index contributed by atoms with van der Waals surface area (Å²) >= 11 is 1.90. The SMILES string of the molecule is CCNC(CSc1ccccc1)c1ccc2c(c1)CCO2. The average Bonchev–Trinajstić information content (AvgIpc) is 3.00. The number of hydrogen-bond acceptors (Lipinski definition) is 3. The normalized spacial score (nSPS) is 14.5. The molecule has 0 saturated carbocycles. The summed E-state index contributed by atoms with van der Waals surface area (Å²) in [4.78, 5) is 1.32. The lowest BCUT2D eigenvalue weighted by molar-refractivity contribution is 0.357. The minimum Gasteiger partial charge on any atom is -0.493 e. The molecule has 0 radical (unpaired) electrons. The lowest BCUT2D eigenvalue weighted by Gasteiger charge is -2.19. The van der Waals surface area contributed by atoms with Gasteiger partial charge in [-0.3, -0.25) is 0 Å². The fourth-order valence-electron chi connectivity index (χ4n) is 2.64. The quantitative estimate of drug-likeness (QED) is 0.813. The molecule has 2 aromatic carbocycles. The van der Waals surface area contributed by atoms with E-state index >= 15 is 0 Å². The molecule has 1 unspecified atom stereocenters. The summed E-state index contributed by atoms with van der Waals surface area (Å²) in [5.74, 6) is 2.10. The van der Waals surface area contributed by atoms with E-state index in [1.165, 1.54) is 16.0 Å². The maximum Gasteiger partial charge on any atom is 0.122 e. The van der Waals surface area contributed by atoms with Crippen molar-refractivity contribution in [2.24, 2.45) is 0 Å². The number of nitrogens with one attached hydrogen (secondary N) is 1. The second-order valence-electron chi connectivity index (χ2n) is 5.20. The van der Waals surface area contributed by atoms with Crippen LogP contribution in [0.2, 0.25) is 0 Å². The van der Waals surface area contributed by atoms with E-state index in [9.17, 15) is 0 Å². The van der Waals surface area contributed by atoms with Gasteiger partial charge in [0.15, 0.2) is 0 Å². The van der Waals surface area contributed by atoms with E-state index in [1.807, 2.05) is 11.8 Å². The first-order chi connectivity index (χ1) is 10.4. The summed E-state index contributed by atoms with van der Waals surface area (Å²) in [6, 6.07) is 17.6. The number of hydrogen-bond donors (Lipinski definition) is 1. The van der Waals surface area contributed by atoms with Gasteiger partial charge in [-0.2, -0.15) is 0 Å². The van der Waals surface area contributed by atoms with Gasteiger partial charge >= 0.3 is 0 Å². The van der Waals surface area contributed by atoms with Crippen molar-refractivity contribution in [3.63, 3.8) is 0 Å². The molecule has 0 amide bonds. The van der Waals surface area contributed by atoms with Gasteiger partial charge in [0.25, 0.3) is 0 Å². The Morgan fingerprint density at radius 3 is 2.86 bits per heavy atom. The predicted molar refractivity (Wildman–Crippen MR) is 89.2 cm³/mol. The van der Waals surface area contributed by atoms with Crippen LogP contribution in [0.5, 0.6) is 5.75 Å². The lowest BCUT2D eigenvalue weighted by atomic mass is 10.0. The minimum absolute atomic E-state index is 0.381. The number of benzene rings is 2. The molecule has 1 heterocycles. The van der Waals surface area contributed by atoms with Crippen molar-refractivity contribution in [3.8, 4) is 5.75 Å². The van der Waals surface area contributed by atoms with Crippen LogP contribution in [0.3, 0.4) is 0 Å². The van der Waals surface area contributed by atoms with Gasteiger partial charge in [0.2, 0.25) is 0 Å². The van der Waals surface area contributed by atoms with Gasteiger partial charge < -0.3 is 10.1 Å². The van der Waals surface area contributed by atoms with Crippen molar-refractivity contribution in [3.05, 3.63) is 59.7 Å². The average molecular weight is 299 g/mol. The van der Waals surface area contributed by atoms with Crippen LogP contribution in [-0.4, -0.2) is 18.9 Å². The molecule has 3 heteroatoms. The summed E-state index contributed by atoms with van der Waals surface area (Å²) in [7, 11) is 0. The van der Waals surface area contributed by atoms with E-state index in [1.54, 1.807) is 0 Å². The zero-order valence-electron chi connectivity index (χ0n) is 12.3. The summed E-state index contributed by atoms with van der Waals surface area (Å²) < 4.78 is 5.60. The monoisotopic (exact) mass is 299 g/mol. The molecule has 0 aromatic heterocycles. The molecule has 0 saturated heterocycles. The molecule has 21 heavy (non-hydrogen) atoms. The molecule has 1 aliphatic heterocycles. The fraction of sp³-hybridized carbons (Fsp3) is 0.333. The highest BCUT2D eigenvalue weighted by molar-refractivity contribution is 7.99. The van der Waals surface area contributed by atoms with Gasteiger partial charge in [-0.25, -0.2) is 0 Å². The standard InChI is InChI=1S/C18H21NOS/c1-2-19-17(13-21-16-6-4-3-5-7-16)14-8-9-18-15(12-14)10-11-20-18/h3-9,12,17,19H,2,10-11,13H2,1H3. The first-order valence-corrected chi connectivity index (χ1v) is 8.52. The molecule has 1 N–H and O–H groups in total. The van der Waals surface area contributed by atoms with E-state index in [-0.39, 0.29) is 0 Å². The Kier molecular flexibility index (Phi) is 4.84. The molecule has 3 rings (SSSR count).